The summed E-state index contributed by atoms with van der Waals surface area (Å²) in [5, 5.41) is 0.352. The molecule has 0 unspecified atom stereocenters. The van der Waals surface area contributed by atoms with Crippen LogP contribution >= 0.6 is 24.8 Å². The Bertz CT molecular complexity index is 827. The van der Waals surface area contributed by atoms with Crippen molar-refractivity contribution >= 4 is 41.7 Å². The van der Waals surface area contributed by atoms with Gasteiger partial charge in [-0.25, -0.2) is 4.39 Å². The van der Waals surface area contributed by atoms with Crippen LogP contribution < -0.4 is 5.43 Å². The summed E-state index contributed by atoms with van der Waals surface area (Å²) >= 11 is 0. The maximum atomic E-state index is 13.9. The van der Waals surface area contributed by atoms with E-state index in [0.717, 1.165) is 6.54 Å². The van der Waals surface area contributed by atoms with Gasteiger partial charge in [0.25, 0.3) is 0 Å². The summed E-state index contributed by atoms with van der Waals surface area (Å²) in [6.07, 6.45) is 0. The Hall–Kier alpha value is -1.63. The van der Waals surface area contributed by atoms with Crippen molar-refractivity contribution in [3.63, 3.8) is 0 Å². The van der Waals surface area contributed by atoms with E-state index in [1.165, 1.54) is 18.2 Å². The van der Waals surface area contributed by atoms with Crippen LogP contribution in [0.4, 0.5) is 4.39 Å². The van der Waals surface area contributed by atoms with Gasteiger partial charge in [0, 0.05) is 42.7 Å². The number of H-pyrrole nitrogens is 1. The number of aromatic nitrogens is 1. The molecule has 24 heavy (non-hydrogen) atoms. The number of halogens is 3. The first-order chi connectivity index (χ1) is 10.6. The molecule has 4 rings (SSSR count). The molecule has 2 aliphatic rings. The highest BCUT2D eigenvalue weighted by Crippen LogP contribution is 2.30. The van der Waals surface area contributed by atoms with Gasteiger partial charge in [0.05, 0.1) is 18.0 Å². The SMILES string of the molecule is Cl.Cl.O=C1OC[C@H]2CN(Cc3cc(=O)c4cccc(F)c4[nH]3)C[C@@H]12. The first-order valence-corrected chi connectivity index (χ1v) is 7.31. The van der Waals surface area contributed by atoms with Gasteiger partial charge in [-0.3, -0.25) is 14.5 Å². The summed E-state index contributed by atoms with van der Waals surface area (Å²) in [6.45, 7) is 2.36. The largest absolute Gasteiger partial charge is 0.465 e. The third-order valence-corrected chi connectivity index (χ3v) is 4.52. The number of likely N-dealkylation sites (tertiary alicyclic amines) is 1. The molecular formula is C16H17Cl2FN2O3. The number of para-hydroxylation sites is 1. The van der Waals surface area contributed by atoms with Gasteiger partial charge >= 0.3 is 5.97 Å². The predicted molar refractivity (Wildman–Crippen MR) is 92.2 cm³/mol. The zero-order chi connectivity index (χ0) is 15.3. The van der Waals surface area contributed by atoms with Crippen molar-refractivity contribution in [3.05, 3.63) is 46.0 Å². The highest BCUT2D eigenvalue weighted by Gasteiger charge is 2.43. The van der Waals surface area contributed by atoms with E-state index < -0.39 is 5.82 Å². The van der Waals surface area contributed by atoms with Gasteiger partial charge in [0.2, 0.25) is 0 Å². The van der Waals surface area contributed by atoms with Crippen LogP contribution in [0.25, 0.3) is 10.9 Å². The standard InChI is InChI=1S/C16H15FN2O3.2ClH/c17-13-3-1-2-11-14(20)4-10(18-15(11)13)6-19-5-9-8-22-16(21)12(9)7-19;;/h1-4,9,12H,5-8H2,(H,18,20);2*1H/t9-,12-;;/m1../s1. The number of aromatic amines is 1. The molecule has 3 heterocycles. The fourth-order valence-electron chi connectivity index (χ4n) is 3.44. The number of fused-ring (bicyclic) bond motifs is 2. The summed E-state index contributed by atoms with van der Waals surface area (Å²) in [4.78, 5) is 28.8. The Kier molecular flexibility index (Phi) is 5.52. The molecular weight excluding hydrogens is 358 g/mol. The molecule has 130 valence electrons. The second-order valence-electron chi connectivity index (χ2n) is 6.01. The van der Waals surface area contributed by atoms with Crippen LogP contribution in [-0.2, 0) is 16.1 Å². The van der Waals surface area contributed by atoms with Crippen LogP contribution in [0.2, 0.25) is 0 Å². The molecule has 0 aliphatic carbocycles. The number of benzene rings is 1. The van der Waals surface area contributed by atoms with Crippen molar-refractivity contribution in [1.29, 1.82) is 0 Å². The number of hydrogen-bond donors (Lipinski definition) is 1. The smallest absolute Gasteiger partial charge is 0.310 e. The van der Waals surface area contributed by atoms with Crippen molar-refractivity contribution in [1.82, 2.24) is 9.88 Å². The van der Waals surface area contributed by atoms with Crippen molar-refractivity contribution in [2.24, 2.45) is 11.8 Å². The van der Waals surface area contributed by atoms with Crippen molar-refractivity contribution in [3.8, 4) is 0 Å². The number of cyclic esters (lactones) is 1. The molecule has 1 aromatic heterocycles. The van der Waals surface area contributed by atoms with Gasteiger partial charge in [0.15, 0.2) is 5.43 Å². The van der Waals surface area contributed by atoms with E-state index in [1.54, 1.807) is 6.07 Å². The minimum absolute atomic E-state index is 0. The maximum absolute atomic E-state index is 13.9. The van der Waals surface area contributed by atoms with E-state index in [4.69, 9.17) is 4.74 Å². The molecule has 2 aromatic rings. The summed E-state index contributed by atoms with van der Waals surface area (Å²) in [6, 6.07) is 5.98. The zero-order valence-electron chi connectivity index (χ0n) is 12.7. The fraction of sp³-hybridized carbons (Fsp3) is 0.375. The van der Waals surface area contributed by atoms with Gasteiger partial charge in [-0.15, -0.1) is 24.8 Å². The van der Waals surface area contributed by atoms with E-state index in [1.807, 2.05) is 0 Å². The number of esters is 1. The lowest BCUT2D eigenvalue weighted by atomic mass is 10.0. The number of nitrogens with one attached hydrogen (secondary N) is 1. The fourth-order valence-corrected chi connectivity index (χ4v) is 3.44. The number of carbonyl (C=O) groups is 1. The average Bonchev–Trinajstić information content (AvgIpc) is 3.02. The Morgan fingerprint density at radius 3 is 2.79 bits per heavy atom. The van der Waals surface area contributed by atoms with E-state index >= 15 is 0 Å². The zero-order valence-corrected chi connectivity index (χ0v) is 14.3. The minimum atomic E-state index is -0.432. The highest BCUT2D eigenvalue weighted by atomic mass is 35.5. The lowest BCUT2D eigenvalue weighted by Gasteiger charge is -2.16. The first-order valence-electron chi connectivity index (χ1n) is 7.31. The van der Waals surface area contributed by atoms with Crippen LogP contribution in [0, 0.1) is 17.7 Å². The van der Waals surface area contributed by atoms with Crippen LogP contribution in [0.1, 0.15) is 5.69 Å². The molecule has 2 aliphatic heterocycles. The number of hydrogen-bond acceptors (Lipinski definition) is 4. The van der Waals surface area contributed by atoms with Crippen molar-refractivity contribution in [2.45, 2.75) is 6.54 Å². The second-order valence-corrected chi connectivity index (χ2v) is 6.01. The molecule has 2 saturated heterocycles. The molecule has 0 radical (unpaired) electrons. The summed E-state index contributed by atoms with van der Waals surface area (Å²) in [5.41, 5.74) is 0.710. The van der Waals surface area contributed by atoms with Crippen LogP contribution in [0.3, 0.4) is 0 Å². The number of nitrogens with zero attached hydrogens (tertiary/aromatic N) is 1. The quantitative estimate of drug-likeness (QED) is 0.817. The van der Waals surface area contributed by atoms with Gasteiger partial charge in [0.1, 0.15) is 5.82 Å². The Morgan fingerprint density at radius 1 is 1.25 bits per heavy atom. The predicted octanol–water partition coefficient (Wildman–Crippen LogP) is 2.12. The van der Waals surface area contributed by atoms with Gasteiger partial charge in [-0.1, -0.05) is 6.07 Å². The molecule has 2 fully saturated rings. The molecule has 1 N–H and O–H groups in total. The highest BCUT2D eigenvalue weighted by molar-refractivity contribution is 5.85. The Balaban J connectivity index is 0.00000104. The van der Waals surface area contributed by atoms with E-state index in [2.05, 4.69) is 9.88 Å². The normalized spacial score (nSPS) is 22.6. The monoisotopic (exact) mass is 374 g/mol. The molecule has 0 bridgehead atoms. The molecule has 0 amide bonds. The van der Waals surface area contributed by atoms with Crippen molar-refractivity contribution < 1.29 is 13.9 Å². The number of carbonyl (C=O) groups excluding carboxylic acids is 1. The van der Waals surface area contributed by atoms with Crippen molar-refractivity contribution in [2.75, 3.05) is 19.7 Å². The molecule has 0 saturated carbocycles. The topological polar surface area (TPSA) is 62.4 Å². The van der Waals surface area contributed by atoms with E-state index in [0.29, 0.717) is 30.8 Å². The number of pyridine rings is 1. The van der Waals surface area contributed by atoms with Crippen LogP contribution in [0.5, 0.6) is 0 Å². The Labute approximate surface area is 150 Å². The van der Waals surface area contributed by atoms with E-state index in [9.17, 15) is 14.0 Å². The Morgan fingerprint density at radius 2 is 2.04 bits per heavy atom. The third-order valence-electron chi connectivity index (χ3n) is 4.52. The van der Waals surface area contributed by atoms with Gasteiger partial charge in [-0.2, -0.15) is 0 Å². The molecule has 1 aromatic carbocycles. The molecule has 2 atom stereocenters. The van der Waals surface area contributed by atoms with Crippen LogP contribution in [0.15, 0.2) is 29.1 Å². The number of rotatable bonds is 2. The molecule has 8 heteroatoms. The molecule has 5 nitrogen and oxygen atoms in total. The second kappa shape index (κ2) is 7.09. The lowest BCUT2D eigenvalue weighted by Crippen LogP contribution is -2.24. The summed E-state index contributed by atoms with van der Waals surface area (Å²) < 4.78 is 18.9. The number of ether oxygens (including phenoxy) is 1. The average molecular weight is 375 g/mol. The first kappa shape index (κ1) is 18.7. The maximum Gasteiger partial charge on any atom is 0.310 e. The summed E-state index contributed by atoms with van der Waals surface area (Å²) in [5.74, 6) is -0.399. The molecule has 0 spiro atoms. The third kappa shape index (κ3) is 3.14. The minimum Gasteiger partial charge on any atom is -0.465 e. The van der Waals surface area contributed by atoms with Gasteiger partial charge in [-0.05, 0) is 12.1 Å². The van der Waals surface area contributed by atoms with E-state index in [-0.39, 0.29) is 53.6 Å². The van der Waals surface area contributed by atoms with Crippen LogP contribution in [-0.4, -0.2) is 35.5 Å². The van der Waals surface area contributed by atoms with Gasteiger partial charge < -0.3 is 9.72 Å². The lowest BCUT2D eigenvalue weighted by molar-refractivity contribution is -0.141. The summed E-state index contributed by atoms with van der Waals surface area (Å²) in [7, 11) is 0.